The first-order valence-corrected chi connectivity index (χ1v) is 12.1. The van der Waals surface area contributed by atoms with Crippen LogP contribution in [0.4, 0.5) is 5.00 Å². The van der Waals surface area contributed by atoms with Crippen LogP contribution in [0.3, 0.4) is 0 Å². The van der Waals surface area contributed by atoms with E-state index in [1.165, 1.54) is 30.2 Å². The molecular weight excluding hydrogens is 484 g/mol. The maximum absolute atomic E-state index is 12.5. The van der Waals surface area contributed by atoms with Gasteiger partial charge in [-0.1, -0.05) is 35.5 Å². The zero-order chi connectivity index (χ0) is 24.0. The summed E-state index contributed by atoms with van der Waals surface area (Å²) in [5.41, 5.74) is 1.34. The number of nitrogens with one attached hydrogen (secondary N) is 1. The van der Waals surface area contributed by atoms with Gasteiger partial charge in [-0.15, -0.1) is 28.1 Å². The summed E-state index contributed by atoms with van der Waals surface area (Å²) in [5, 5.41) is 14.5. The molecule has 1 atom stereocenters. The van der Waals surface area contributed by atoms with Crippen LogP contribution in [0.1, 0.15) is 34.8 Å². The van der Waals surface area contributed by atoms with Crippen molar-refractivity contribution in [1.82, 2.24) is 14.8 Å². The molecule has 1 N–H and O–H groups in total. The molecule has 0 spiro atoms. The summed E-state index contributed by atoms with van der Waals surface area (Å²) < 4.78 is 12.6. The van der Waals surface area contributed by atoms with Gasteiger partial charge >= 0.3 is 5.97 Å². The Bertz CT molecular complexity index is 1160. The van der Waals surface area contributed by atoms with Gasteiger partial charge in [0.2, 0.25) is 5.91 Å². The molecule has 1 unspecified atom stereocenters. The second-order valence-electron chi connectivity index (χ2n) is 6.93. The number of aryl methyl sites for hydroxylation is 1. The number of allylic oxidation sites excluding steroid dienone is 1. The van der Waals surface area contributed by atoms with Crippen LogP contribution in [-0.2, 0) is 16.1 Å². The van der Waals surface area contributed by atoms with Gasteiger partial charge in [0.1, 0.15) is 10.8 Å². The SMILES string of the molecule is C=CCn1c(SCC(=O)Nc2sccc2C(=O)OC)nnc1C(C)Oc1cc(C)ccc1Cl. The number of hydrogen-bond acceptors (Lipinski definition) is 8. The molecule has 0 bridgehead atoms. The molecule has 0 saturated carbocycles. The van der Waals surface area contributed by atoms with Gasteiger partial charge in [0.25, 0.3) is 0 Å². The van der Waals surface area contributed by atoms with E-state index in [4.69, 9.17) is 21.1 Å². The first-order chi connectivity index (χ1) is 15.8. The van der Waals surface area contributed by atoms with Crippen molar-refractivity contribution in [3.8, 4) is 5.75 Å². The largest absolute Gasteiger partial charge is 0.481 e. The van der Waals surface area contributed by atoms with Crippen LogP contribution in [-0.4, -0.2) is 39.5 Å². The number of esters is 1. The minimum Gasteiger partial charge on any atom is -0.481 e. The molecule has 1 amide bonds. The van der Waals surface area contributed by atoms with Crippen LogP contribution < -0.4 is 10.1 Å². The third-order valence-corrected chi connectivity index (χ3v) is 6.58. The van der Waals surface area contributed by atoms with Gasteiger partial charge in [0.15, 0.2) is 17.1 Å². The number of carbonyl (C=O) groups excluding carboxylic acids is 2. The Morgan fingerprint density at radius 3 is 2.88 bits per heavy atom. The molecule has 0 radical (unpaired) electrons. The maximum atomic E-state index is 12.5. The van der Waals surface area contributed by atoms with Crippen LogP contribution in [0.5, 0.6) is 5.75 Å². The van der Waals surface area contributed by atoms with Gasteiger partial charge in [-0.05, 0) is 43.0 Å². The first-order valence-electron chi connectivity index (χ1n) is 9.89. The molecule has 3 rings (SSSR count). The van der Waals surface area contributed by atoms with Gasteiger partial charge in [0.05, 0.1) is 23.4 Å². The number of amides is 1. The highest BCUT2D eigenvalue weighted by Crippen LogP contribution is 2.31. The maximum Gasteiger partial charge on any atom is 0.340 e. The van der Waals surface area contributed by atoms with E-state index in [1.807, 2.05) is 30.5 Å². The summed E-state index contributed by atoms with van der Waals surface area (Å²) in [6.45, 7) is 8.05. The second kappa shape index (κ2) is 11.4. The molecule has 8 nitrogen and oxygen atoms in total. The number of anilines is 1. The van der Waals surface area contributed by atoms with Crippen molar-refractivity contribution >= 4 is 51.6 Å². The highest BCUT2D eigenvalue weighted by Gasteiger charge is 2.21. The average molecular weight is 507 g/mol. The van der Waals surface area contributed by atoms with Crippen molar-refractivity contribution in [2.45, 2.75) is 31.7 Å². The number of aromatic nitrogens is 3. The molecule has 11 heteroatoms. The van der Waals surface area contributed by atoms with Gasteiger partial charge in [0, 0.05) is 6.54 Å². The number of methoxy groups -OCH3 is 1. The van der Waals surface area contributed by atoms with E-state index in [0.29, 0.717) is 38.9 Å². The summed E-state index contributed by atoms with van der Waals surface area (Å²) >= 11 is 8.73. The predicted octanol–water partition coefficient (Wildman–Crippen LogP) is 5.14. The van der Waals surface area contributed by atoms with E-state index in [-0.39, 0.29) is 11.7 Å². The number of thiophene rings is 1. The summed E-state index contributed by atoms with van der Waals surface area (Å²) in [4.78, 5) is 24.3. The molecule has 0 fully saturated rings. The van der Waals surface area contributed by atoms with Crippen molar-refractivity contribution in [1.29, 1.82) is 0 Å². The summed E-state index contributed by atoms with van der Waals surface area (Å²) in [5.74, 6) is 0.438. The fraction of sp³-hybridized carbons (Fsp3) is 0.273. The Morgan fingerprint density at radius 2 is 2.15 bits per heavy atom. The number of nitrogens with zero attached hydrogens (tertiary/aromatic N) is 3. The molecule has 1 aromatic carbocycles. The molecule has 3 aromatic rings. The topological polar surface area (TPSA) is 95.3 Å². The Balaban J connectivity index is 1.69. The minimum absolute atomic E-state index is 0.0761. The van der Waals surface area contributed by atoms with Crippen LogP contribution in [0, 0.1) is 6.92 Å². The summed E-state index contributed by atoms with van der Waals surface area (Å²) in [7, 11) is 1.29. The van der Waals surface area contributed by atoms with Gasteiger partial charge < -0.3 is 14.8 Å². The number of carbonyl (C=O) groups is 2. The third-order valence-electron chi connectivity index (χ3n) is 4.47. The fourth-order valence-electron chi connectivity index (χ4n) is 2.92. The highest BCUT2D eigenvalue weighted by molar-refractivity contribution is 7.99. The minimum atomic E-state index is -0.503. The Morgan fingerprint density at radius 1 is 1.36 bits per heavy atom. The number of rotatable bonds is 10. The van der Waals surface area contributed by atoms with Crippen LogP contribution in [0.25, 0.3) is 0 Å². The van der Waals surface area contributed by atoms with Crippen molar-refractivity contribution in [2.24, 2.45) is 0 Å². The molecule has 2 heterocycles. The van der Waals surface area contributed by atoms with E-state index in [2.05, 4.69) is 22.1 Å². The Hall–Kier alpha value is -2.82. The van der Waals surface area contributed by atoms with Crippen molar-refractivity contribution in [3.63, 3.8) is 0 Å². The number of ether oxygens (including phenoxy) is 2. The number of halogens is 1. The molecule has 0 aliphatic rings. The zero-order valence-corrected chi connectivity index (χ0v) is 20.7. The number of thioether (sulfide) groups is 1. The monoisotopic (exact) mass is 506 g/mol. The lowest BCUT2D eigenvalue weighted by Crippen LogP contribution is -2.16. The second-order valence-corrected chi connectivity index (χ2v) is 9.19. The standard InChI is InChI=1S/C22H23ClN4O4S2/c1-5-9-27-19(14(3)31-17-11-13(2)6-7-16(17)23)25-26-22(27)33-12-18(28)24-20-15(8-10-32-20)21(29)30-4/h5-8,10-11,14H,1,9,12H2,2-4H3,(H,24,28). The molecule has 0 aliphatic heterocycles. The Labute approximate surface area is 204 Å². The van der Waals surface area contributed by atoms with Gasteiger partial charge in [-0.3, -0.25) is 9.36 Å². The molecule has 0 saturated heterocycles. The number of hydrogen-bond donors (Lipinski definition) is 1. The van der Waals surface area contributed by atoms with Gasteiger partial charge in [-0.25, -0.2) is 4.79 Å². The molecule has 2 aromatic heterocycles. The third kappa shape index (κ3) is 6.16. The van der Waals surface area contributed by atoms with Crippen molar-refractivity contribution < 1.29 is 19.1 Å². The molecular formula is C22H23ClN4O4S2. The van der Waals surface area contributed by atoms with E-state index >= 15 is 0 Å². The molecule has 33 heavy (non-hydrogen) atoms. The smallest absolute Gasteiger partial charge is 0.340 e. The van der Waals surface area contributed by atoms with Crippen LogP contribution >= 0.6 is 34.7 Å². The van der Waals surface area contributed by atoms with Crippen LogP contribution in [0.15, 0.2) is 47.5 Å². The predicted molar refractivity (Wildman–Crippen MR) is 130 cm³/mol. The lowest BCUT2D eigenvalue weighted by atomic mass is 10.2. The van der Waals surface area contributed by atoms with Gasteiger partial charge in [-0.2, -0.15) is 0 Å². The average Bonchev–Trinajstić information content (AvgIpc) is 3.41. The molecule has 0 aliphatic carbocycles. The summed E-state index contributed by atoms with van der Waals surface area (Å²) in [6, 6.07) is 7.16. The lowest BCUT2D eigenvalue weighted by Gasteiger charge is -2.17. The zero-order valence-electron chi connectivity index (χ0n) is 18.3. The van der Waals surface area contributed by atoms with Crippen molar-refractivity contribution in [2.75, 3.05) is 18.2 Å². The van der Waals surface area contributed by atoms with E-state index in [9.17, 15) is 9.59 Å². The van der Waals surface area contributed by atoms with Crippen molar-refractivity contribution in [3.05, 3.63) is 64.3 Å². The first kappa shape index (κ1) is 24.8. The summed E-state index contributed by atoms with van der Waals surface area (Å²) in [6.07, 6.45) is 1.28. The molecule has 174 valence electrons. The Kier molecular flexibility index (Phi) is 8.54. The van der Waals surface area contributed by atoms with E-state index in [1.54, 1.807) is 23.6 Å². The van der Waals surface area contributed by atoms with Crippen LogP contribution in [0.2, 0.25) is 5.02 Å². The number of benzene rings is 1. The quantitative estimate of drug-likeness (QED) is 0.231. The fourth-order valence-corrected chi connectivity index (χ4v) is 4.63. The highest BCUT2D eigenvalue weighted by atomic mass is 35.5. The van der Waals surface area contributed by atoms with E-state index < -0.39 is 12.1 Å². The lowest BCUT2D eigenvalue weighted by molar-refractivity contribution is -0.113. The van der Waals surface area contributed by atoms with E-state index in [0.717, 1.165) is 5.56 Å². The normalized spacial score (nSPS) is 11.6.